The van der Waals surface area contributed by atoms with Gasteiger partial charge in [0.1, 0.15) is 0 Å². The monoisotopic (exact) mass is 273 g/mol. The maximum atomic E-state index is 6.05. The number of hydrogen-bond acceptors (Lipinski definition) is 3. The van der Waals surface area contributed by atoms with E-state index in [0.29, 0.717) is 11.8 Å². The van der Waals surface area contributed by atoms with Crippen molar-refractivity contribution in [3.05, 3.63) is 0 Å². The molecule has 0 aromatic heterocycles. The van der Waals surface area contributed by atoms with Crippen LogP contribution in [0.5, 0.6) is 0 Å². The molecule has 1 unspecified atom stereocenters. The van der Waals surface area contributed by atoms with Crippen LogP contribution in [0.15, 0.2) is 0 Å². The first kappa shape index (κ1) is 15.7. The number of ether oxygens (including phenoxy) is 1. The molecule has 0 aromatic rings. The van der Waals surface area contributed by atoms with Crippen molar-refractivity contribution in [1.29, 1.82) is 0 Å². The highest BCUT2D eigenvalue weighted by molar-refractivity contribution is 7.80. The SMILES string of the molecule is CCC(C)[C@H](N)CNC(=S)NCC1CCOCC1. The van der Waals surface area contributed by atoms with Crippen molar-refractivity contribution in [1.82, 2.24) is 10.6 Å². The molecule has 1 fully saturated rings. The first-order valence-electron chi connectivity index (χ1n) is 6.98. The number of rotatable bonds is 6. The van der Waals surface area contributed by atoms with Gasteiger partial charge in [0.2, 0.25) is 0 Å². The van der Waals surface area contributed by atoms with Crippen LogP contribution < -0.4 is 16.4 Å². The summed E-state index contributed by atoms with van der Waals surface area (Å²) in [6, 6.07) is 0.165. The first-order valence-corrected chi connectivity index (χ1v) is 7.39. The average Bonchev–Trinajstić information content (AvgIpc) is 2.42. The van der Waals surface area contributed by atoms with Crippen LogP contribution >= 0.6 is 12.2 Å². The number of thiocarbonyl (C=S) groups is 1. The summed E-state index contributed by atoms with van der Waals surface area (Å²) in [5.41, 5.74) is 6.05. The lowest BCUT2D eigenvalue weighted by Gasteiger charge is -2.24. The fourth-order valence-electron chi connectivity index (χ4n) is 1.96. The molecule has 1 heterocycles. The minimum absolute atomic E-state index is 0.165. The molecule has 1 rings (SSSR count). The molecular formula is C13H27N3OS. The Kier molecular flexibility index (Phi) is 7.54. The maximum Gasteiger partial charge on any atom is 0.166 e. The molecule has 0 amide bonds. The van der Waals surface area contributed by atoms with E-state index in [1.54, 1.807) is 0 Å². The Morgan fingerprint density at radius 2 is 2.06 bits per heavy atom. The van der Waals surface area contributed by atoms with Gasteiger partial charge in [0, 0.05) is 32.3 Å². The van der Waals surface area contributed by atoms with E-state index in [0.717, 1.165) is 50.7 Å². The van der Waals surface area contributed by atoms with Crippen LogP contribution in [0.1, 0.15) is 33.1 Å². The molecule has 2 atom stereocenters. The molecule has 0 aromatic carbocycles. The highest BCUT2D eigenvalue weighted by atomic mass is 32.1. The zero-order valence-corrected chi connectivity index (χ0v) is 12.4. The van der Waals surface area contributed by atoms with E-state index in [2.05, 4.69) is 24.5 Å². The summed E-state index contributed by atoms with van der Waals surface area (Å²) < 4.78 is 5.33. The van der Waals surface area contributed by atoms with Gasteiger partial charge in [0.15, 0.2) is 5.11 Å². The summed E-state index contributed by atoms with van der Waals surface area (Å²) in [5, 5.41) is 7.20. The Hall–Kier alpha value is -0.390. The predicted octanol–water partition coefficient (Wildman–Crippen LogP) is 1.25. The standard InChI is InChI=1S/C13H27N3OS/c1-3-10(2)12(14)9-16-13(18)15-8-11-4-6-17-7-5-11/h10-12H,3-9,14H2,1-2H3,(H2,15,16,18)/t10?,12-/m1/s1. The van der Waals surface area contributed by atoms with Gasteiger partial charge in [-0.3, -0.25) is 0 Å². The predicted molar refractivity (Wildman–Crippen MR) is 79.6 cm³/mol. The third-order valence-corrected chi connectivity index (χ3v) is 4.05. The van der Waals surface area contributed by atoms with Crippen LogP contribution in [0.2, 0.25) is 0 Å². The molecule has 1 aliphatic rings. The van der Waals surface area contributed by atoms with Gasteiger partial charge in [-0.25, -0.2) is 0 Å². The molecule has 0 radical (unpaired) electrons. The van der Waals surface area contributed by atoms with E-state index in [1.165, 1.54) is 0 Å². The van der Waals surface area contributed by atoms with Crippen LogP contribution in [0.4, 0.5) is 0 Å². The topological polar surface area (TPSA) is 59.3 Å². The largest absolute Gasteiger partial charge is 0.381 e. The lowest BCUT2D eigenvalue weighted by atomic mass is 10.0. The third-order valence-electron chi connectivity index (χ3n) is 3.77. The molecule has 0 saturated carbocycles. The molecule has 4 nitrogen and oxygen atoms in total. The van der Waals surface area contributed by atoms with Crippen molar-refractivity contribution < 1.29 is 4.74 Å². The Morgan fingerprint density at radius 3 is 2.67 bits per heavy atom. The van der Waals surface area contributed by atoms with Gasteiger partial charge < -0.3 is 21.1 Å². The summed E-state index contributed by atoms with van der Waals surface area (Å²) in [4.78, 5) is 0. The van der Waals surface area contributed by atoms with Crippen molar-refractivity contribution in [2.24, 2.45) is 17.6 Å². The van der Waals surface area contributed by atoms with Crippen LogP contribution in [0.25, 0.3) is 0 Å². The Balaban J connectivity index is 2.09. The van der Waals surface area contributed by atoms with Crippen LogP contribution in [-0.4, -0.2) is 37.5 Å². The first-order chi connectivity index (χ1) is 8.63. The van der Waals surface area contributed by atoms with E-state index in [4.69, 9.17) is 22.7 Å². The zero-order chi connectivity index (χ0) is 13.4. The Bertz CT molecular complexity index is 236. The van der Waals surface area contributed by atoms with E-state index in [1.807, 2.05) is 0 Å². The van der Waals surface area contributed by atoms with E-state index in [-0.39, 0.29) is 6.04 Å². The van der Waals surface area contributed by atoms with Gasteiger partial charge in [-0.2, -0.15) is 0 Å². The van der Waals surface area contributed by atoms with Gasteiger partial charge in [-0.15, -0.1) is 0 Å². The summed E-state index contributed by atoms with van der Waals surface area (Å²) in [7, 11) is 0. The highest BCUT2D eigenvalue weighted by Gasteiger charge is 2.14. The molecule has 0 aliphatic carbocycles. The third kappa shape index (κ3) is 5.98. The van der Waals surface area contributed by atoms with Crippen molar-refractivity contribution in [3.8, 4) is 0 Å². The molecular weight excluding hydrogens is 246 g/mol. The van der Waals surface area contributed by atoms with Crippen LogP contribution in [-0.2, 0) is 4.74 Å². The summed E-state index contributed by atoms with van der Waals surface area (Å²) in [5.74, 6) is 1.21. The normalized spacial score (nSPS) is 20.2. The van der Waals surface area contributed by atoms with Gasteiger partial charge in [0.25, 0.3) is 0 Å². The number of hydrogen-bond donors (Lipinski definition) is 3. The smallest absolute Gasteiger partial charge is 0.166 e. The van der Waals surface area contributed by atoms with E-state index in [9.17, 15) is 0 Å². The minimum Gasteiger partial charge on any atom is -0.381 e. The molecule has 5 heteroatoms. The van der Waals surface area contributed by atoms with Crippen molar-refractivity contribution in [3.63, 3.8) is 0 Å². The number of nitrogens with two attached hydrogens (primary N) is 1. The highest BCUT2D eigenvalue weighted by Crippen LogP contribution is 2.12. The minimum atomic E-state index is 0.165. The van der Waals surface area contributed by atoms with Crippen molar-refractivity contribution in [2.75, 3.05) is 26.3 Å². The van der Waals surface area contributed by atoms with Gasteiger partial charge in [-0.1, -0.05) is 20.3 Å². The van der Waals surface area contributed by atoms with E-state index >= 15 is 0 Å². The second-order valence-corrected chi connectivity index (χ2v) is 5.60. The summed E-state index contributed by atoms with van der Waals surface area (Å²) in [6.07, 6.45) is 3.36. The second-order valence-electron chi connectivity index (χ2n) is 5.20. The van der Waals surface area contributed by atoms with Crippen LogP contribution in [0.3, 0.4) is 0 Å². The van der Waals surface area contributed by atoms with E-state index < -0.39 is 0 Å². The maximum absolute atomic E-state index is 6.05. The van der Waals surface area contributed by atoms with Gasteiger partial charge in [0.05, 0.1) is 0 Å². The van der Waals surface area contributed by atoms with Crippen molar-refractivity contribution in [2.45, 2.75) is 39.2 Å². The molecule has 1 saturated heterocycles. The fraction of sp³-hybridized carbons (Fsp3) is 0.923. The van der Waals surface area contributed by atoms with Gasteiger partial charge >= 0.3 is 0 Å². The lowest BCUT2D eigenvalue weighted by Crippen LogP contribution is -2.46. The molecule has 4 N–H and O–H groups in total. The molecule has 106 valence electrons. The van der Waals surface area contributed by atoms with Crippen molar-refractivity contribution >= 4 is 17.3 Å². The number of nitrogens with one attached hydrogen (secondary N) is 2. The summed E-state index contributed by atoms with van der Waals surface area (Å²) in [6.45, 7) is 7.77. The van der Waals surface area contributed by atoms with Crippen LogP contribution in [0, 0.1) is 11.8 Å². The molecule has 1 aliphatic heterocycles. The zero-order valence-electron chi connectivity index (χ0n) is 11.6. The van der Waals surface area contributed by atoms with Gasteiger partial charge in [-0.05, 0) is 36.9 Å². The second kappa shape index (κ2) is 8.67. The lowest BCUT2D eigenvalue weighted by molar-refractivity contribution is 0.0676. The molecule has 18 heavy (non-hydrogen) atoms. The Labute approximate surface area is 116 Å². The molecule has 0 spiro atoms. The fourth-order valence-corrected chi connectivity index (χ4v) is 2.13. The quantitative estimate of drug-likeness (QED) is 0.636. The Morgan fingerprint density at radius 1 is 1.39 bits per heavy atom. The summed E-state index contributed by atoms with van der Waals surface area (Å²) >= 11 is 5.25. The molecule has 0 bridgehead atoms. The average molecular weight is 273 g/mol.